The van der Waals surface area contributed by atoms with E-state index in [4.69, 9.17) is 9.47 Å². The molecule has 0 aromatic rings. The predicted octanol–water partition coefficient (Wildman–Crippen LogP) is 1.03. The van der Waals surface area contributed by atoms with Crippen LogP contribution in [0.2, 0.25) is 0 Å². The molecule has 0 aromatic carbocycles. The quantitative estimate of drug-likeness (QED) is 0.780. The third-order valence-corrected chi connectivity index (χ3v) is 3.12. The number of ether oxygens (including phenoxy) is 2. The zero-order chi connectivity index (χ0) is 15.4. The summed E-state index contributed by atoms with van der Waals surface area (Å²) in [5, 5.41) is 2.72. The monoisotopic (exact) mass is 309 g/mol. The highest BCUT2D eigenvalue weighted by atomic mass is 32.2. The van der Waals surface area contributed by atoms with Crippen LogP contribution in [0.5, 0.6) is 0 Å². The second kappa shape index (κ2) is 6.73. The third-order valence-electron chi connectivity index (χ3n) is 2.56. The second-order valence-electron chi connectivity index (χ2n) is 5.86. The van der Waals surface area contributed by atoms with Gasteiger partial charge in [-0.3, -0.25) is 4.18 Å². The maximum absolute atomic E-state index is 11.6. The van der Waals surface area contributed by atoms with Crippen molar-refractivity contribution >= 4 is 16.2 Å². The van der Waals surface area contributed by atoms with Crippen LogP contribution in [0.3, 0.4) is 0 Å². The molecule has 1 aliphatic heterocycles. The number of carbonyl (C=O) groups is 1. The number of amides is 1. The lowest BCUT2D eigenvalue weighted by atomic mass is 10.1. The maximum atomic E-state index is 11.6. The Morgan fingerprint density at radius 3 is 2.45 bits per heavy atom. The number of nitrogens with one attached hydrogen (secondary N) is 1. The standard InChI is InChI=1S/C12H23NO6S/c1-12(2,3)19-11(14)13-9-5-6-10(17-7-9)8-18-20(4,15)16/h9-10H,5-8H2,1-4H3,(H,13,14)/t9-,10+/m1/s1. The van der Waals surface area contributed by atoms with E-state index < -0.39 is 21.8 Å². The SMILES string of the molecule is CC(C)(C)OC(=O)N[C@@H]1CC[C@@H](COS(C)(=O)=O)OC1. The van der Waals surface area contributed by atoms with Crippen LogP contribution in [0, 0.1) is 0 Å². The zero-order valence-electron chi connectivity index (χ0n) is 12.3. The van der Waals surface area contributed by atoms with Gasteiger partial charge in [-0.2, -0.15) is 8.42 Å². The first kappa shape index (κ1) is 17.2. The summed E-state index contributed by atoms with van der Waals surface area (Å²) in [6.07, 6.45) is 1.58. The highest BCUT2D eigenvalue weighted by Gasteiger charge is 2.26. The van der Waals surface area contributed by atoms with Crippen molar-refractivity contribution in [1.29, 1.82) is 0 Å². The van der Waals surface area contributed by atoms with Gasteiger partial charge in [0, 0.05) is 0 Å². The van der Waals surface area contributed by atoms with E-state index in [9.17, 15) is 13.2 Å². The van der Waals surface area contributed by atoms with Gasteiger partial charge in [-0.25, -0.2) is 4.79 Å². The summed E-state index contributed by atoms with van der Waals surface area (Å²) in [5.74, 6) is 0. The van der Waals surface area contributed by atoms with E-state index >= 15 is 0 Å². The molecule has 1 N–H and O–H groups in total. The summed E-state index contributed by atoms with van der Waals surface area (Å²) in [5.41, 5.74) is -0.536. The second-order valence-corrected chi connectivity index (χ2v) is 7.51. The molecule has 118 valence electrons. The van der Waals surface area contributed by atoms with Crippen molar-refractivity contribution in [2.24, 2.45) is 0 Å². The minimum absolute atomic E-state index is 0.0119. The summed E-state index contributed by atoms with van der Waals surface area (Å²) < 4.78 is 37.0. The first-order valence-electron chi connectivity index (χ1n) is 6.51. The lowest BCUT2D eigenvalue weighted by molar-refractivity contribution is -0.0273. The highest BCUT2D eigenvalue weighted by molar-refractivity contribution is 7.85. The number of alkyl carbamates (subject to hydrolysis) is 1. The Kier molecular flexibility index (Phi) is 5.79. The van der Waals surface area contributed by atoms with Gasteiger partial charge in [-0.1, -0.05) is 0 Å². The number of carbonyl (C=O) groups excluding carboxylic acids is 1. The van der Waals surface area contributed by atoms with Crippen molar-refractivity contribution < 1.29 is 26.9 Å². The summed E-state index contributed by atoms with van der Waals surface area (Å²) in [7, 11) is -3.45. The molecule has 1 saturated heterocycles. The fourth-order valence-corrected chi connectivity index (χ4v) is 2.12. The van der Waals surface area contributed by atoms with Gasteiger partial charge >= 0.3 is 6.09 Å². The van der Waals surface area contributed by atoms with E-state index in [2.05, 4.69) is 9.50 Å². The van der Waals surface area contributed by atoms with Gasteiger partial charge in [0.15, 0.2) is 0 Å². The van der Waals surface area contributed by atoms with Gasteiger partial charge in [0.05, 0.1) is 31.6 Å². The van der Waals surface area contributed by atoms with Gasteiger partial charge in [0.2, 0.25) is 0 Å². The minimum Gasteiger partial charge on any atom is -0.444 e. The van der Waals surface area contributed by atoms with E-state index in [-0.39, 0.29) is 18.8 Å². The molecule has 0 aromatic heterocycles. The van der Waals surface area contributed by atoms with Crippen molar-refractivity contribution in [2.75, 3.05) is 19.5 Å². The van der Waals surface area contributed by atoms with E-state index in [1.54, 1.807) is 20.8 Å². The molecule has 8 heteroatoms. The van der Waals surface area contributed by atoms with Gasteiger partial charge < -0.3 is 14.8 Å². The molecule has 1 heterocycles. The fraction of sp³-hybridized carbons (Fsp3) is 0.917. The lowest BCUT2D eigenvalue weighted by Crippen LogP contribution is -2.45. The first-order valence-corrected chi connectivity index (χ1v) is 8.32. The minimum atomic E-state index is -3.45. The summed E-state index contributed by atoms with van der Waals surface area (Å²) in [4.78, 5) is 11.6. The largest absolute Gasteiger partial charge is 0.444 e. The van der Waals surface area contributed by atoms with Crippen molar-refractivity contribution in [3.63, 3.8) is 0 Å². The molecule has 0 radical (unpaired) electrons. The summed E-state index contributed by atoms with van der Waals surface area (Å²) in [6.45, 7) is 5.71. The molecule has 0 bridgehead atoms. The molecule has 20 heavy (non-hydrogen) atoms. The average Bonchev–Trinajstić information content (AvgIpc) is 2.24. The molecule has 0 spiro atoms. The molecule has 7 nitrogen and oxygen atoms in total. The van der Waals surface area contributed by atoms with Gasteiger partial charge in [-0.05, 0) is 33.6 Å². The Bertz CT molecular complexity index is 420. The Hall–Kier alpha value is -0.860. The van der Waals surface area contributed by atoms with Gasteiger partial charge in [-0.15, -0.1) is 0 Å². The van der Waals surface area contributed by atoms with Crippen molar-refractivity contribution in [2.45, 2.75) is 51.4 Å². The van der Waals surface area contributed by atoms with Crippen LogP contribution >= 0.6 is 0 Å². The maximum Gasteiger partial charge on any atom is 0.407 e. The molecular weight excluding hydrogens is 286 g/mol. The molecule has 1 aliphatic rings. The lowest BCUT2D eigenvalue weighted by Gasteiger charge is -2.30. The van der Waals surface area contributed by atoms with Crippen LogP contribution in [0.25, 0.3) is 0 Å². The molecule has 1 rings (SSSR count). The molecule has 1 amide bonds. The van der Waals surface area contributed by atoms with Gasteiger partial charge in [0.25, 0.3) is 10.1 Å². The third kappa shape index (κ3) is 7.66. The normalized spacial score (nSPS) is 24.2. The van der Waals surface area contributed by atoms with Crippen molar-refractivity contribution in [3.05, 3.63) is 0 Å². The van der Waals surface area contributed by atoms with Crippen molar-refractivity contribution in [3.8, 4) is 0 Å². The fourth-order valence-electron chi connectivity index (χ4n) is 1.72. The number of rotatable bonds is 4. The molecular formula is C12H23NO6S. The van der Waals surface area contributed by atoms with Crippen LogP contribution in [0.1, 0.15) is 33.6 Å². The predicted molar refractivity (Wildman–Crippen MR) is 72.9 cm³/mol. The van der Waals surface area contributed by atoms with E-state index in [0.717, 1.165) is 6.26 Å². The Morgan fingerprint density at radius 2 is 2.00 bits per heavy atom. The van der Waals surface area contributed by atoms with Crippen LogP contribution < -0.4 is 5.32 Å². The zero-order valence-corrected chi connectivity index (χ0v) is 13.2. The van der Waals surface area contributed by atoms with Crippen LogP contribution in [0.4, 0.5) is 4.79 Å². The molecule has 1 fully saturated rings. The Labute approximate surface area is 120 Å². The summed E-state index contributed by atoms with van der Waals surface area (Å²) in [6, 6.07) is -0.126. The Balaban J connectivity index is 2.27. The van der Waals surface area contributed by atoms with E-state index in [1.165, 1.54) is 0 Å². The molecule has 0 aliphatic carbocycles. The van der Waals surface area contributed by atoms with E-state index in [1.807, 2.05) is 0 Å². The molecule has 0 unspecified atom stereocenters. The smallest absolute Gasteiger partial charge is 0.407 e. The van der Waals surface area contributed by atoms with E-state index in [0.29, 0.717) is 19.4 Å². The number of hydrogen-bond donors (Lipinski definition) is 1. The highest BCUT2D eigenvalue weighted by Crippen LogP contribution is 2.15. The molecule has 0 saturated carbocycles. The van der Waals surface area contributed by atoms with Crippen molar-refractivity contribution in [1.82, 2.24) is 5.32 Å². The summed E-state index contributed by atoms with van der Waals surface area (Å²) >= 11 is 0. The van der Waals surface area contributed by atoms with Crippen LogP contribution in [-0.4, -0.2) is 51.7 Å². The Morgan fingerprint density at radius 1 is 1.35 bits per heavy atom. The topological polar surface area (TPSA) is 90.9 Å². The van der Waals surface area contributed by atoms with Crippen LogP contribution in [-0.2, 0) is 23.8 Å². The average molecular weight is 309 g/mol. The first-order chi connectivity index (χ1) is 9.05. The molecule has 2 atom stereocenters. The van der Waals surface area contributed by atoms with Gasteiger partial charge in [0.1, 0.15) is 5.60 Å². The van der Waals surface area contributed by atoms with Crippen LogP contribution in [0.15, 0.2) is 0 Å². The number of hydrogen-bond acceptors (Lipinski definition) is 6.